The third kappa shape index (κ3) is 7.20. The Kier molecular flexibility index (Phi) is 10.6. The zero-order chi connectivity index (χ0) is 28.8. The highest BCUT2D eigenvalue weighted by Gasteiger charge is 2.41. The minimum Gasteiger partial charge on any atom is -0.352 e. The molecule has 0 aliphatic rings. The molecule has 0 saturated carbocycles. The molecule has 38 heavy (non-hydrogen) atoms. The van der Waals surface area contributed by atoms with E-state index in [2.05, 4.69) is 51.5 Å². The first-order valence-electron chi connectivity index (χ1n) is 13.0. The van der Waals surface area contributed by atoms with Gasteiger partial charge in [0.05, 0.1) is 6.04 Å². The van der Waals surface area contributed by atoms with Gasteiger partial charge in [0.15, 0.2) is 0 Å². The molecule has 210 valence electrons. The standard InChI is InChI=1S/C29H45N5O3S/c1-19(25(35)31-15-17-38)14-16-33(8)27(37)24(28(2,3)4)32-26(36)23(30-7)29(5,6)21-18-34(9)22-13-11-10-12-20(21)22/h10-14,18,23-24,30,38H,15-17H2,1-9H3,(H,31,35)(H,32,36)/b19-14+. The molecule has 2 atom stereocenters. The van der Waals surface area contributed by atoms with Crippen LogP contribution < -0.4 is 16.0 Å². The van der Waals surface area contributed by atoms with E-state index in [0.717, 1.165) is 16.5 Å². The molecule has 0 aliphatic heterocycles. The summed E-state index contributed by atoms with van der Waals surface area (Å²) < 4.78 is 2.07. The lowest BCUT2D eigenvalue weighted by Crippen LogP contribution is -2.60. The molecule has 8 nitrogen and oxygen atoms in total. The lowest BCUT2D eigenvalue weighted by Gasteiger charge is -2.38. The summed E-state index contributed by atoms with van der Waals surface area (Å²) in [7, 11) is 5.45. The van der Waals surface area contributed by atoms with Crippen LogP contribution in [0, 0.1) is 5.41 Å². The van der Waals surface area contributed by atoms with Gasteiger partial charge < -0.3 is 25.4 Å². The Balaban J connectivity index is 2.27. The van der Waals surface area contributed by atoms with Crippen molar-refractivity contribution < 1.29 is 14.4 Å². The lowest BCUT2D eigenvalue weighted by molar-refractivity contribution is -0.139. The van der Waals surface area contributed by atoms with Gasteiger partial charge in [-0.05, 0) is 31.0 Å². The van der Waals surface area contributed by atoms with Crippen molar-refractivity contribution in [3.05, 3.63) is 47.7 Å². The average molecular weight is 544 g/mol. The summed E-state index contributed by atoms with van der Waals surface area (Å²) in [6, 6.07) is 6.79. The number of amides is 3. The van der Waals surface area contributed by atoms with Gasteiger partial charge in [-0.15, -0.1) is 0 Å². The zero-order valence-electron chi connectivity index (χ0n) is 24.3. The maximum Gasteiger partial charge on any atom is 0.246 e. The van der Waals surface area contributed by atoms with Gasteiger partial charge in [0.25, 0.3) is 0 Å². The van der Waals surface area contributed by atoms with E-state index in [1.165, 1.54) is 4.90 Å². The number of carbonyl (C=O) groups is 3. The first-order valence-corrected chi connectivity index (χ1v) is 13.6. The molecule has 3 amide bonds. The molecule has 2 aromatic rings. The van der Waals surface area contributed by atoms with E-state index < -0.39 is 22.9 Å². The van der Waals surface area contributed by atoms with Crippen LogP contribution in [-0.2, 0) is 26.8 Å². The monoisotopic (exact) mass is 543 g/mol. The van der Waals surface area contributed by atoms with Crippen LogP contribution in [0.3, 0.4) is 0 Å². The van der Waals surface area contributed by atoms with Gasteiger partial charge in [-0.3, -0.25) is 14.4 Å². The summed E-state index contributed by atoms with van der Waals surface area (Å²) in [6.07, 6.45) is 3.79. The van der Waals surface area contributed by atoms with Gasteiger partial charge in [0.1, 0.15) is 6.04 Å². The van der Waals surface area contributed by atoms with Gasteiger partial charge >= 0.3 is 0 Å². The predicted molar refractivity (Wildman–Crippen MR) is 158 cm³/mol. The second-order valence-electron chi connectivity index (χ2n) is 11.5. The van der Waals surface area contributed by atoms with Crippen molar-refractivity contribution in [1.82, 2.24) is 25.4 Å². The number of benzene rings is 1. The van der Waals surface area contributed by atoms with Crippen LogP contribution in [0.1, 0.15) is 47.1 Å². The third-order valence-corrected chi connectivity index (χ3v) is 7.29. The van der Waals surface area contributed by atoms with E-state index >= 15 is 0 Å². The number of nitrogens with one attached hydrogen (secondary N) is 3. The Morgan fingerprint density at radius 2 is 1.74 bits per heavy atom. The van der Waals surface area contributed by atoms with Crippen LogP contribution in [0.2, 0.25) is 0 Å². The van der Waals surface area contributed by atoms with E-state index in [1.807, 2.05) is 53.8 Å². The fourth-order valence-corrected chi connectivity index (χ4v) is 4.80. The molecular formula is C29H45N5O3S. The molecule has 0 spiro atoms. The van der Waals surface area contributed by atoms with Gasteiger partial charge in [-0.25, -0.2) is 0 Å². The van der Waals surface area contributed by atoms with Gasteiger partial charge in [0.2, 0.25) is 17.7 Å². The number of likely N-dealkylation sites (N-methyl/N-ethyl adjacent to an activating group) is 2. The van der Waals surface area contributed by atoms with Crippen LogP contribution in [0.15, 0.2) is 42.1 Å². The molecule has 0 radical (unpaired) electrons. The summed E-state index contributed by atoms with van der Waals surface area (Å²) in [5.41, 5.74) is 1.56. The average Bonchev–Trinajstić information content (AvgIpc) is 3.20. The minimum absolute atomic E-state index is 0.187. The molecule has 2 rings (SSSR count). The molecule has 2 unspecified atom stereocenters. The number of thiol groups is 1. The van der Waals surface area contributed by atoms with Crippen molar-refractivity contribution >= 4 is 41.3 Å². The largest absolute Gasteiger partial charge is 0.352 e. The van der Waals surface area contributed by atoms with Crippen molar-refractivity contribution in [2.75, 3.05) is 32.9 Å². The molecule has 3 N–H and O–H groups in total. The molecule has 1 aromatic carbocycles. The Morgan fingerprint density at radius 1 is 1.11 bits per heavy atom. The highest BCUT2D eigenvalue weighted by molar-refractivity contribution is 7.80. The second kappa shape index (κ2) is 12.8. The predicted octanol–water partition coefficient (Wildman–Crippen LogP) is 3.03. The summed E-state index contributed by atoms with van der Waals surface area (Å²) in [4.78, 5) is 41.0. The number of aryl methyl sites for hydroxylation is 1. The number of para-hydroxylation sites is 1. The first-order chi connectivity index (χ1) is 17.7. The zero-order valence-corrected chi connectivity index (χ0v) is 25.2. The molecule has 1 heterocycles. The normalized spacial score (nSPS) is 14.2. The van der Waals surface area contributed by atoms with E-state index in [-0.39, 0.29) is 24.3 Å². The molecule has 9 heteroatoms. The van der Waals surface area contributed by atoms with Crippen LogP contribution in [0.25, 0.3) is 10.9 Å². The molecule has 0 bridgehead atoms. The number of hydrogen-bond acceptors (Lipinski definition) is 5. The van der Waals surface area contributed by atoms with Crippen LogP contribution in [-0.4, -0.2) is 72.2 Å². The number of aromatic nitrogens is 1. The SMILES string of the molecule is CNC(C(=O)NC(C(=O)N(C)C/C=C(\C)C(=O)NCCS)C(C)(C)C)C(C)(C)c1cn(C)c2ccccc12. The van der Waals surface area contributed by atoms with E-state index in [4.69, 9.17) is 0 Å². The molecular weight excluding hydrogens is 498 g/mol. The van der Waals surface area contributed by atoms with Crippen molar-refractivity contribution in [3.63, 3.8) is 0 Å². The first kappa shape index (κ1) is 31.4. The third-order valence-electron chi connectivity index (χ3n) is 7.07. The summed E-state index contributed by atoms with van der Waals surface area (Å²) in [5.74, 6) is -0.100. The maximum atomic E-state index is 13.8. The Morgan fingerprint density at radius 3 is 2.32 bits per heavy atom. The Hall–Kier alpha value is -2.78. The molecule has 0 aliphatic carbocycles. The van der Waals surface area contributed by atoms with Gasteiger partial charge in [0, 0.05) is 61.0 Å². The van der Waals surface area contributed by atoms with E-state index in [0.29, 0.717) is 17.9 Å². The second-order valence-corrected chi connectivity index (χ2v) is 12.0. The number of carbonyl (C=O) groups excluding carboxylic acids is 3. The van der Waals surface area contributed by atoms with Gasteiger partial charge in [-0.1, -0.05) is 58.9 Å². The smallest absolute Gasteiger partial charge is 0.246 e. The number of nitrogens with zero attached hydrogens (tertiary/aromatic N) is 2. The quantitative estimate of drug-likeness (QED) is 0.259. The fourth-order valence-electron chi connectivity index (χ4n) is 4.69. The van der Waals surface area contributed by atoms with Crippen molar-refractivity contribution in [2.24, 2.45) is 12.5 Å². The van der Waals surface area contributed by atoms with E-state index in [9.17, 15) is 14.4 Å². The summed E-state index contributed by atoms with van der Waals surface area (Å²) in [5, 5.41) is 10.1. The topological polar surface area (TPSA) is 95.5 Å². The fraction of sp³-hybridized carbons (Fsp3) is 0.552. The number of fused-ring (bicyclic) bond motifs is 1. The van der Waals surface area contributed by atoms with E-state index in [1.54, 1.807) is 27.1 Å². The Labute approximate surface area is 233 Å². The highest BCUT2D eigenvalue weighted by atomic mass is 32.1. The summed E-state index contributed by atoms with van der Waals surface area (Å²) >= 11 is 4.10. The van der Waals surface area contributed by atoms with Gasteiger partial charge in [-0.2, -0.15) is 12.6 Å². The lowest BCUT2D eigenvalue weighted by atomic mass is 9.76. The molecule has 1 aromatic heterocycles. The molecule has 0 fully saturated rings. The Bertz CT molecular complexity index is 1180. The highest BCUT2D eigenvalue weighted by Crippen LogP contribution is 2.34. The minimum atomic E-state index is -0.758. The molecule has 0 saturated heterocycles. The van der Waals surface area contributed by atoms with Crippen LogP contribution >= 0.6 is 12.6 Å². The van der Waals surface area contributed by atoms with Crippen molar-refractivity contribution in [2.45, 2.75) is 59.0 Å². The van der Waals surface area contributed by atoms with Crippen molar-refractivity contribution in [3.8, 4) is 0 Å². The number of hydrogen-bond donors (Lipinski definition) is 4. The van der Waals surface area contributed by atoms with Crippen LogP contribution in [0.4, 0.5) is 0 Å². The maximum absolute atomic E-state index is 13.8. The van der Waals surface area contributed by atoms with Crippen molar-refractivity contribution in [1.29, 1.82) is 0 Å². The number of rotatable bonds is 11. The van der Waals surface area contributed by atoms with Crippen LogP contribution in [0.5, 0.6) is 0 Å². The summed E-state index contributed by atoms with van der Waals surface area (Å²) in [6.45, 7) is 12.3.